The summed E-state index contributed by atoms with van der Waals surface area (Å²) in [5.74, 6) is -1.18. The van der Waals surface area contributed by atoms with Crippen molar-refractivity contribution in [3.63, 3.8) is 0 Å². The topological polar surface area (TPSA) is 216 Å². The zero-order valence-corrected chi connectivity index (χ0v) is 30.2. The van der Waals surface area contributed by atoms with Crippen LogP contribution >= 0.6 is 23.2 Å². The number of nitrogen functional groups attached to an aromatic ring is 1. The lowest BCUT2D eigenvalue weighted by Gasteiger charge is -2.20. The summed E-state index contributed by atoms with van der Waals surface area (Å²) in [5, 5.41) is 30.7. The predicted molar refractivity (Wildman–Crippen MR) is 207 cm³/mol. The third-order valence-corrected chi connectivity index (χ3v) is 9.76. The number of anilines is 1. The summed E-state index contributed by atoms with van der Waals surface area (Å²) in [6.45, 7) is 0.0940. The van der Waals surface area contributed by atoms with Crippen LogP contribution in [-0.4, -0.2) is 28.2 Å². The van der Waals surface area contributed by atoms with Crippen molar-refractivity contribution in [2.75, 3.05) is 5.73 Å². The number of nitrogens with two attached hydrogens (primary N) is 2. The molecule has 56 heavy (non-hydrogen) atoms. The lowest BCUT2D eigenvalue weighted by Crippen LogP contribution is -2.44. The number of fused-ring (bicyclic) bond motifs is 4. The third-order valence-electron chi connectivity index (χ3n) is 9.07. The van der Waals surface area contributed by atoms with Gasteiger partial charge in [-0.25, -0.2) is 4.79 Å². The number of hydrogen-bond donors (Lipinski definition) is 5. The quantitative estimate of drug-likeness (QED) is 0.0926. The van der Waals surface area contributed by atoms with E-state index in [2.05, 4.69) is 5.32 Å². The highest BCUT2D eigenvalue weighted by Gasteiger charge is 2.29. The molecule has 0 saturated carbocycles. The van der Waals surface area contributed by atoms with E-state index in [1.54, 1.807) is 54.6 Å². The molecule has 2 aliphatic carbocycles. The van der Waals surface area contributed by atoms with Crippen LogP contribution in [0.15, 0.2) is 117 Å². The molecule has 0 aromatic heterocycles. The first-order chi connectivity index (χ1) is 26.9. The first-order valence-electron chi connectivity index (χ1n) is 16.5. The first kappa shape index (κ1) is 37.1. The molecule has 8 rings (SSSR count). The maximum absolute atomic E-state index is 13.8. The molecule has 4 aromatic carbocycles. The number of nitrogens with one attached hydrogen (secondary N) is 1. The van der Waals surface area contributed by atoms with E-state index in [9.17, 15) is 24.6 Å². The van der Waals surface area contributed by atoms with Gasteiger partial charge in [0.05, 0.1) is 27.2 Å². The zero-order valence-electron chi connectivity index (χ0n) is 28.7. The van der Waals surface area contributed by atoms with E-state index in [4.69, 9.17) is 52.8 Å². The van der Waals surface area contributed by atoms with Crippen molar-refractivity contribution in [2.24, 2.45) is 0 Å². The molecule has 0 radical (unpaired) electrons. The summed E-state index contributed by atoms with van der Waals surface area (Å²) in [5.41, 5.74) is 10.7. The molecule has 1 amide bonds. The second-order valence-electron chi connectivity index (χ2n) is 12.5. The van der Waals surface area contributed by atoms with E-state index in [-0.39, 0.29) is 50.6 Å². The Bertz CT molecular complexity index is 2990. The number of phenolic OH excluding ortho intramolecular Hbond substituents is 1. The van der Waals surface area contributed by atoms with Gasteiger partial charge >= 0.3 is 12.1 Å². The van der Waals surface area contributed by atoms with Crippen LogP contribution in [0.2, 0.25) is 10.0 Å². The molecule has 12 nitrogen and oxygen atoms in total. The Kier molecular flexibility index (Phi) is 9.86. The lowest BCUT2D eigenvalue weighted by molar-refractivity contribution is -0.191. The number of benzene rings is 6. The second kappa shape index (κ2) is 14.9. The van der Waals surface area contributed by atoms with Crippen LogP contribution in [0.5, 0.6) is 5.75 Å². The number of aromatic carboxylic acids is 1. The molecule has 0 saturated heterocycles. The first-order valence-corrected chi connectivity index (χ1v) is 17.3. The minimum absolute atomic E-state index is 0.0263. The van der Waals surface area contributed by atoms with Gasteiger partial charge in [-0.15, -0.1) is 0 Å². The van der Waals surface area contributed by atoms with Crippen molar-refractivity contribution in [2.45, 2.75) is 6.54 Å². The number of carboxylic acid groups (broad SMARTS) is 1. The third kappa shape index (κ3) is 6.83. The Balaban J connectivity index is 0.00000155. The Hall–Kier alpha value is -7.24. The highest BCUT2D eigenvalue weighted by Crippen LogP contribution is 2.47. The van der Waals surface area contributed by atoms with Crippen molar-refractivity contribution in [1.82, 2.24) is 5.32 Å². The number of rotatable bonds is 6. The molecule has 2 aliphatic heterocycles. The standard InChI is InChI=1S/C41H25Cl2N3O7.CO2/c42-30-17-29(39(43)38(37(30)41(50)51)36-27-9-5-21(44)13-31(27)52-32-14-22(45)6-10-28(32)36)40(49)46-18-19-1-3-20(4-2-19)35-25-11-7-23(47)15-33(25)53-34-16-24(48)8-12-26(34)35;2-1-3/h1-17,44,47H,18,45H2,(H,46,49)(H,50,51);/p+1. The molecule has 4 aromatic rings. The van der Waals surface area contributed by atoms with Crippen molar-refractivity contribution in [3.8, 4) is 50.7 Å². The highest BCUT2D eigenvalue weighted by molar-refractivity contribution is 6.41. The number of aromatic hydroxyl groups is 1. The molecule has 0 atom stereocenters. The van der Waals surface area contributed by atoms with E-state index in [1.807, 2.05) is 24.3 Å². The maximum atomic E-state index is 13.8. The van der Waals surface area contributed by atoms with E-state index in [0.29, 0.717) is 50.2 Å². The Morgan fingerprint density at radius 1 is 0.768 bits per heavy atom. The van der Waals surface area contributed by atoms with Gasteiger partial charge in [-0.2, -0.15) is 9.59 Å². The fourth-order valence-electron chi connectivity index (χ4n) is 6.66. The molecule has 0 fully saturated rings. The van der Waals surface area contributed by atoms with Gasteiger partial charge < -0.3 is 30.1 Å². The summed E-state index contributed by atoms with van der Waals surface area (Å²) >= 11 is 13.6. The van der Waals surface area contributed by atoms with Gasteiger partial charge in [-0.05, 0) is 59.7 Å². The summed E-state index contributed by atoms with van der Waals surface area (Å²) in [6.07, 6.45) is 0.250. The van der Waals surface area contributed by atoms with Crippen LogP contribution in [0.25, 0.3) is 66.8 Å². The van der Waals surface area contributed by atoms with Gasteiger partial charge in [0.25, 0.3) is 5.91 Å². The molecule has 7 N–H and O–H groups in total. The zero-order chi connectivity index (χ0) is 39.8. The van der Waals surface area contributed by atoms with Gasteiger partial charge in [-0.3, -0.25) is 15.0 Å². The molecule has 0 bridgehead atoms. The van der Waals surface area contributed by atoms with Crippen LogP contribution in [0.3, 0.4) is 0 Å². The van der Waals surface area contributed by atoms with E-state index >= 15 is 0 Å². The van der Waals surface area contributed by atoms with E-state index in [1.165, 1.54) is 24.3 Å². The van der Waals surface area contributed by atoms with Crippen LogP contribution in [0.1, 0.15) is 26.3 Å². The van der Waals surface area contributed by atoms with Crippen molar-refractivity contribution in [1.29, 1.82) is 0 Å². The predicted octanol–water partition coefficient (Wildman–Crippen LogP) is 6.38. The summed E-state index contributed by atoms with van der Waals surface area (Å²) < 4.78 is 12.1. The Morgan fingerprint density at radius 3 is 2.11 bits per heavy atom. The minimum Gasteiger partial charge on any atom is -0.508 e. The monoisotopic (exact) mass is 786 g/mol. The number of carboxylic acids is 1. The molecule has 14 heteroatoms. The van der Waals surface area contributed by atoms with Gasteiger partial charge in [-0.1, -0.05) is 47.5 Å². The summed E-state index contributed by atoms with van der Waals surface area (Å²) in [6, 6.07) is 27.9. The van der Waals surface area contributed by atoms with Crippen molar-refractivity contribution in [3.05, 3.63) is 145 Å². The van der Waals surface area contributed by atoms with E-state index < -0.39 is 11.9 Å². The van der Waals surface area contributed by atoms with Crippen LogP contribution in [0.4, 0.5) is 5.69 Å². The van der Waals surface area contributed by atoms with Gasteiger partial charge in [0.15, 0.2) is 10.8 Å². The second-order valence-corrected chi connectivity index (χ2v) is 13.3. The van der Waals surface area contributed by atoms with Gasteiger partial charge in [0.1, 0.15) is 28.4 Å². The normalized spacial score (nSPS) is 11.0. The summed E-state index contributed by atoms with van der Waals surface area (Å²) in [7, 11) is 0. The molecule has 276 valence electrons. The molecular weight excluding hydrogens is 761 g/mol. The molecule has 2 heterocycles. The maximum Gasteiger partial charge on any atom is 0.373 e. The number of phenols is 1. The fraction of sp³-hybridized carbons (Fsp3) is 0.0238. The molecule has 0 unspecified atom stereocenters. The average Bonchev–Trinajstić information content (AvgIpc) is 3.16. The van der Waals surface area contributed by atoms with Crippen LogP contribution < -0.4 is 27.2 Å². The van der Waals surface area contributed by atoms with Crippen molar-refractivity contribution < 1.29 is 43.6 Å². The minimum atomic E-state index is -1.34. The lowest BCUT2D eigenvalue weighted by atomic mass is 9.89. The molecule has 0 spiro atoms. The average molecular weight is 788 g/mol. The van der Waals surface area contributed by atoms with Crippen LogP contribution in [-0.2, 0) is 16.1 Å². The molecule has 4 aliphatic rings. The van der Waals surface area contributed by atoms with Gasteiger partial charge in [0, 0.05) is 75.1 Å². The summed E-state index contributed by atoms with van der Waals surface area (Å²) in [4.78, 5) is 54.9. The van der Waals surface area contributed by atoms with E-state index in [0.717, 1.165) is 27.6 Å². The number of halogens is 2. The van der Waals surface area contributed by atoms with Crippen LogP contribution in [0, 0.1) is 0 Å². The number of amides is 1. The highest BCUT2D eigenvalue weighted by atomic mass is 35.5. The smallest absolute Gasteiger partial charge is 0.373 e. The molecular formula is C42H26Cl2N3O9+. The van der Waals surface area contributed by atoms with Crippen molar-refractivity contribution >= 4 is 68.9 Å². The number of carbonyl (C=O) groups excluding carboxylic acids is 3. The van der Waals surface area contributed by atoms with Gasteiger partial charge in [0.2, 0.25) is 0 Å². The SMILES string of the molecule is Nc1ccc2c(-c3c(Cl)c(C(=O)NCc4ccc(-c5c6ccc(=O)cc-6oc6cc(O)ccc56)cc4)cc(Cl)c3C(=O)O)c3ccc(=[NH2+])cc-3oc2c1.O=C=O. The number of hydrogen-bond acceptors (Lipinski definition) is 9. The largest absolute Gasteiger partial charge is 0.508 e. The Morgan fingerprint density at radius 2 is 1.39 bits per heavy atom. The number of carbonyl (C=O) groups is 2. The Labute approximate surface area is 325 Å². The fourth-order valence-corrected chi connectivity index (χ4v) is 7.28.